The molecule has 0 bridgehead atoms. The zero-order valence-electron chi connectivity index (χ0n) is 20.4. The summed E-state index contributed by atoms with van der Waals surface area (Å²) in [5.41, 5.74) is 0. The van der Waals surface area contributed by atoms with Crippen LogP contribution in [0.25, 0.3) is 0 Å². The summed E-state index contributed by atoms with van der Waals surface area (Å²) in [6.45, 7) is 19.6. The molecule has 0 spiro atoms. The number of hydrogen-bond donors (Lipinski definition) is 0. The molecule has 0 heterocycles. The Bertz CT molecular complexity index is 327. The van der Waals surface area contributed by atoms with Gasteiger partial charge in [-0.3, -0.25) is 0 Å². The summed E-state index contributed by atoms with van der Waals surface area (Å²) in [5.74, 6) is 0. The molecule has 0 saturated carbocycles. The van der Waals surface area contributed by atoms with Gasteiger partial charge in [-0.05, 0) is 54.4 Å². The van der Waals surface area contributed by atoms with Gasteiger partial charge < -0.3 is 26.6 Å². The lowest BCUT2D eigenvalue weighted by Crippen LogP contribution is -2.71. The van der Waals surface area contributed by atoms with Crippen LogP contribution in [-0.4, -0.2) is 57.3 Å². The minimum Gasteiger partial charge on any atom is -0.373 e. The van der Waals surface area contributed by atoms with E-state index in [0.717, 1.165) is 38.5 Å². The van der Waals surface area contributed by atoms with E-state index in [2.05, 4.69) is 13.8 Å². The first kappa shape index (κ1) is 29.2. The minimum atomic E-state index is -3.21. The highest BCUT2D eigenvalue weighted by molar-refractivity contribution is 6.85. The van der Waals surface area contributed by atoms with Crippen LogP contribution in [0.3, 0.4) is 0 Å². The summed E-state index contributed by atoms with van der Waals surface area (Å²) in [4.78, 5) is 0. The van der Waals surface area contributed by atoms with Crippen molar-refractivity contribution in [1.29, 1.82) is 0 Å². The second kappa shape index (κ2) is 15.9. The lowest BCUT2D eigenvalue weighted by Gasteiger charge is -2.51. The predicted octanol–water partition coefficient (Wildman–Crippen LogP) is 5.74. The Hall–Kier alpha value is 0.194. The molecule has 0 atom stereocenters. The molecule has 6 nitrogen and oxygen atoms in total. The molecule has 0 N–H and O–H groups in total. The highest BCUT2D eigenvalue weighted by atomic mass is 28.5. The van der Waals surface area contributed by atoms with E-state index in [1.54, 1.807) is 0 Å². The van der Waals surface area contributed by atoms with Crippen molar-refractivity contribution in [3.8, 4) is 0 Å². The van der Waals surface area contributed by atoms with Gasteiger partial charge in [0.2, 0.25) is 0 Å². The van der Waals surface area contributed by atoms with Gasteiger partial charge in [0.15, 0.2) is 0 Å². The molecule has 0 fully saturated rings. The average molecular weight is 453 g/mol. The maximum atomic E-state index is 6.50. The Labute approximate surface area is 182 Å². The van der Waals surface area contributed by atoms with E-state index >= 15 is 0 Å². The van der Waals surface area contributed by atoms with E-state index < -0.39 is 22.3 Å². The van der Waals surface area contributed by atoms with Gasteiger partial charge in [-0.2, -0.15) is 0 Å². The summed E-state index contributed by atoms with van der Waals surface area (Å²) in [7, 11) is -6.42. The van der Waals surface area contributed by atoms with Crippen LogP contribution < -0.4 is 0 Å². The van der Waals surface area contributed by atoms with E-state index in [1.807, 2.05) is 41.5 Å². The van der Waals surface area contributed by atoms with E-state index in [1.165, 1.54) is 0 Å². The van der Waals surface area contributed by atoms with Gasteiger partial charge in [0.25, 0.3) is 0 Å². The molecule has 0 radical (unpaired) electrons. The molecule has 0 saturated heterocycles. The molecule has 0 aliphatic rings. The van der Waals surface area contributed by atoms with Gasteiger partial charge in [0.05, 0.1) is 0 Å². The van der Waals surface area contributed by atoms with Gasteiger partial charge in [-0.25, -0.2) is 0 Å². The largest absolute Gasteiger partial charge is 0.512 e. The van der Waals surface area contributed by atoms with E-state index in [9.17, 15) is 0 Å². The van der Waals surface area contributed by atoms with Crippen LogP contribution in [-0.2, 0) is 26.6 Å². The minimum absolute atomic E-state index is 0.518. The zero-order valence-corrected chi connectivity index (χ0v) is 22.4. The molecule has 0 aliphatic carbocycles. The number of hydrogen-bond acceptors (Lipinski definition) is 6. The molecule has 0 unspecified atom stereocenters. The second-order valence-corrected chi connectivity index (χ2v) is 13.4. The van der Waals surface area contributed by atoms with E-state index in [-0.39, 0.29) is 0 Å². The van der Waals surface area contributed by atoms with Crippen LogP contribution in [0.1, 0.15) is 93.9 Å². The summed E-state index contributed by atoms with van der Waals surface area (Å²) in [6, 6.07) is 0. The Morgan fingerprint density at radius 3 is 0.862 bits per heavy atom. The Morgan fingerprint density at radius 1 is 0.448 bits per heavy atom. The molecule has 8 heteroatoms. The van der Waals surface area contributed by atoms with Crippen molar-refractivity contribution in [1.82, 2.24) is 0 Å². The maximum Gasteiger partial charge on any atom is 0.512 e. The third-order valence-corrected chi connectivity index (χ3v) is 14.3. The fourth-order valence-corrected chi connectivity index (χ4v) is 13.3. The van der Waals surface area contributed by atoms with Gasteiger partial charge in [0, 0.05) is 39.6 Å². The summed E-state index contributed by atoms with van der Waals surface area (Å²) < 4.78 is 38.5. The zero-order chi connectivity index (χ0) is 22.2. The van der Waals surface area contributed by atoms with Gasteiger partial charge in [-0.1, -0.05) is 39.5 Å². The van der Waals surface area contributed by atoms with Crippen molar-refractivity contribution in [3.63, 3.8) is 0 Å². The monoisotopic (exact) mass is 452 g/mol. The van der Waals surface area contributed by atoms with Crippen molar-refractivity contribution >= 4 is 17.6 Å². The maximum absolute atomic E-state index is 6.50. The Morgan fingerprint density at radius 2 is 0.690 bits per heavy atom. The Balaban J connectivity index is 6.95. The third kappa shape index (κ3) is 7.10. The first-order valence-electron chi connectivity index (χ1n) is 11.8. The van der Waals surface area contributed by atoms with Crippen LogP contribution in [0.5, 0.6) is 0 Å². The molecular weight excluding hydrogens is 404 g/mol. The molecule has 29 heavy (non-hydrogen) atoms. The van der Waals surface area contributed by atoms with Crippen molar-refractivity contribution in [2.45, 2.75) is 98.6 Å². The normalized spacial score (nSPS) is 13.2. The van der Waals surface area contributed by atoms with Crippen LogP contribution in [0.15, 0.2) is 0 Å². The lowest BCUT2D eigenvalue weighted by atomic mass is 10.1. The van der Waals surface area contributed by atoms with Crippen molar-refractivity contribution in [3.05, 3.63) is 0 Å². The molecule has 0 aromatic carbocycles. The topological polar surface area (TPSA) is 55.4 Å². The van der Waals surface area contributed by atoms with Crippen LogP contribution in [0.4, 0.5) is 0 Å². The predicted molar refractivity (Wildman–Crippen MR) is 123 cm³/mol. The number of rotatable bonds is 20. The molecule has 0 amide bonds. The van der Waals surface area contributed by atoms with Crippen molar-refractivity contribution in [2.24, 2.45) is 0 Å². The summed E-state index contributed by atoms with van der Waals surface area (Å²) in [6.07, 6.45) is 5.90. The SMILES string of the molecule is CCCCC(CCCC)([Si](OCC)(OCC)OCC)[Si](OCC)(OCC)OCC. The highest BCUT2D eigenvalue weighted by Crippen LogP contribution is 2.57. The summed E-state index contributed by atoms with van der Waals surface area (Å²) >= 11 is 0. The van der Waals surface area contributed by atoms with Crippen LogP contribution >= 0.6 is 0 Å². The number of unbranched alkanes of at least 4 members (excludes halogenated alkanes) is 2. The first-order chi connectivity index (χ1) is 14.0. The summed E-state index contributed by atoms with van der Waals surface area (Å²) in [5, 5.41) is 0. The van der Waals surface area contributed by atoms with Crippen LogP contribution in [0, 0.1) is 0 Å². The smallest absolute Gasteiger partial charge is 0.373 e. The molecule has 0 aliphatic heterocycles. The van der Waals surface area contributed by atoms with Crippen molar-refractivity contribution < 1.29 is 26.6 Å². The quantitative estimate of drug-likeness (QED) is 0.219. The highest BCUT2D eigenvalue weighted by Gasteiger charge is 2.75. The van der Waals surface area contributed by atoms with Gasteiger partial charge >= 0.3 is 17.6 Å². The van der Waals surface area contributed by atoms with Gasteiger partial charge in [-0.15, -0.1) is 0 Å². The van der Waals surface area contributed by atoms with Crippen LogP contribution in [0.2, 0.25) is 4.66 Å². The van der Waals surface area contributed by atoms with Crippen molar-refractivity contribution in [2.75, 3.05) is 39.6 Å². The van der Waals surface area contributed by atoms with E-state index in [0.29, 0.717) is 39.6 Å². The second-order valence-electron chi connectivity index (χ2n) is 7.00. The standard InChI is InChI=1S/C21H48O6Si2/c1-9-17-19-21(20-18-10-2,28(22-11-3,23-12-4)24-13-5)29(25-14-6,26-15-7)27-16-8/h9-20H2,1-8H3. The molecule has 0 aromatic rings. The van der Waals surface area contributed by atoms with E-state index in [4.69, 9.17) is 26.6 Å². The first-order valence-corrected chi connectivity index (χ1v) is 15.3. The Kier molecular flexibility index (Phi) is 16.0. The average Bonchev–Trinajstić information content (AvgIpc) is 2.69. The molecule has 0 aromatic heterocycles. The fourth-order valence-electron chi connectivity index (χ4n) is 4.10. The van der Waals surface area contributed by atoms with Gasteiger partial charge in [0.1, 0.15) is 4.66 Å². The molecule has 176 valence electrons. The third-order valence-electron chi connectivity index (χ3n) is 5.09. The fraction of sp³-hybridized carbons (Fsp3) is 1.00. The molecule has 0 rings (SSSR count). The molecular formula is C21H48O6Si2. The lowest BCUT2D eigenvalue weighted by molar-refractivity contribution is 0.00517.